The summed E-state index contributed by atoms with van der Waals surface area (Å²) in [6.07, 6.45) is 5.64. The maximum Gasteiger partial charge on any atom is 0.335 e. The number of imidazole rings is 1. The Bertz CT molecular complexity index is 1830. The Kier molecular flexibility index (Phi) is 7.03. The van der Waals surface area contributed by atoms with E-state index in [-0.39, 0.29) is 11.7 Å². The molecular formula is C34H36N6O4. The molecule has 4 aromatic heterocycles. The summed E-state index contributed by atoms with van der Waals surface area (Å²) in [6.45, 7) is 4.48. The summed E-state index contributed by atoms with van der Waals surface area (Å²) in [6, 6.07) is 19.7. The van der Waals surface area contributed by atoms with E-state index in [1.54, 1.807) is 12.1 Å². The van der Waals surface area contributed by atoms with Gasteiger partial charge >= 0.3 is 5.97 Å². The predicted octanol–water partition coefficient (Wildman–Crippen LogP) is 5.40. The monoisotopic (exact) mass is 592 g/mol. The van der Waals surface area contributed by atoms with Crippen molar-refractivity contribution in [2.75, 3.05) is 19.7 Å². The number of piperidine rings is 1. The van der Waals surface area contributed by atoms with Gasteiger partial charge in [0.1, 0.15) is 12.4 Å². The minimum Gasteiger partial charge on any atom is -0.478 e. The number of hydrogen-bond acceptors (Lipinski definition) is 7. The largest absolute Gasteiger partial charge is 0.478 e. The lowest BCUT2D eigenvalue weighted by atomic mass is 9.93. The van der Waals surface area contributed by atoms with E-state index in [1.165, 1.54) is 18.5 Å². The van der Waals surface area contributed by atoms with Crippen LogP contribution in [0.1, 0.15) is 77.2 Å². The molecule has 0 unspecified atom stereocenters. The third kappa shape index (κ3) is 5.44. The van der Waals surface area contributed by atoms with Crippen molar-refractivity contribution in [3.63, 3.8) is 0 Å². The number of fused-ring (bicyclic) bond motifs is 2. The Morgan fingerprint density at radius 3 is 2.52 bits per heavy atom. The van der Waals surface area contributed by atoms with Gasteiger partial charge in [-0.05, 0) is 87.7 Å². The predicted molar refractivity (Wildman–Crippen MR) is 164 cm³/mol. The van der Waals surface area contributed by atoms with Crippen molar-refractivity contribution in [3.05, 3.63) is 89.1 Å². The first kappa shape index (κ1) is 27.3. The molecule has 1 atom stereocenters. The number of aromatic carboxylic acids is 1. The second kappa shape index (κ2) is 11.3. The zero-order valence-electron chi connectivity index (χ0n) is 24.6. The van der Waals surface area contributed by atoms with Crippen molar-refractivity contribution in [3.8, 4) is 5.88 Å². The molecule has 0 bridgehead atoms. The Hall–Kier alpha value is -4.28. The summed E-state index contributed by atoms with van der Waals surface area (Å²) in [7, 11) is 0. The number of rotatable bonds is 10. The summed E-state index contributed by atoms with van der Waals surface area (Å²) >= 11 is 0. The van der Waals surface area contributed by atoms with Gasteiger partial charge in [-0.2, -0.15) is 5.10 Å². The van der Waals surface area contributed by atoms with Gasteiger partial charge in [0.05, 0.1) is 52.7 Å². The zero-order chi connectivity index (χ0) is 29.6. The number of aromatic nitrogens is 5. The molecule has 10 nitrogen and oxygen atoms in total. The van der Waals surface area contributed by atoms with Gasteiger partial charge in [-0.3, -0.25) is 4.90 Å². The minimum atomic E-state index is -0.927. The zero-order valence-corrected chi connectivity index (χ0v) is 24.6. The van der Waals surface area contributed by atoms with Gasteiger partial charge in [-0.25, -0.2) is 19.3 Å². The molecule has 1 N–H and O–H groups in total. The molecule has 3 aliphatic rings. The third-order valence-corrected chi connectivity index (χ3v) is 9.32. The van der Waals surface area contributed by atoms with Crippen LogP contribution in [0.5, 0.6) is 5.88 Å². The van der Waals surface area contributed by atoms with E-state index in [9.17, 15) is 9.90 Å². The number of pyridine rings is 2. The molecule has 8 rings (SSSR count). The smallest absolute Gasteiger partial charge is 0.335 e. The minimum absolute atomic E-state index is 0.151. The van der Waals surface area contributed by atoms with Crippen LogP contribution in [-0.2, 0) is 24.4 Å². The number of nitrogens with zero attached hydrogens (tertiary/aromatic N) is 6. The highest BCUT2D eigenvalue weighted by Crippen LogP contribution is 2.39. The molecule has 5 aromatic rings. The second-order valence-corrected chi connectivity index (χ2v) is 12.4. The van der Waals surface area contributed by atoms with Gasteiger partial charge in [0.15, 0.2) is 0 Å². The van der Waals surface area contributed by atoms with Gasteiger partial charge < -0.3 is 19.1 Å². The fourth-order valence-corrected chi connectivity index (χ4v) is 6.52. The van der Waals surface area contributed by atoms with Crippen molar-refractivity contribution < 1.29 is 19.4 Å². The highest BCUT2D eigenvalue weighted by atomic mass is 16.5. The van der Waals surface area contributed by atoms with Crippen LogP contribution in [0.3, 0.4) is 0 Å². The third-order valence-electron chi connectivity index (χ3n) is 9.32. The van der Waals surface area contributed by atoms with Crippen molar-refractivity contribution in [2.45, 2.75) is 69.7 Å². The van der Waals surface area contributed by atoms with Crippen LogP contribution in [0.4, 0.5) is 0 Å². The Balaban J connectivity index is 0.925. The average molecular weight is 593 g/mol. The van der Waals surface area contributed by atoms with Crippen LogP contribution in [0.25, 0.3) is 16.6 Å². The lowest BCUT2D eigenvalue weighted by Crippen LogP contribution is -2.35. The van der Waals surface area contributed by atoms with Crippen molar-refractivity contribution in [2.24, 2.45) is 0 Å². The van der Waals surface area contributed by atoms with Crippen molar-refractivity contribution >= 4 is 22.5 Å². The van der Waals surface area contributed by atoms with Gasteiger partial charge in [0.2, 0.25) is 5.88 Å². The van der Waals surface area contributed by atoms with Crippen molar-refractivity contribution in [1.82, 2.24) is 29.0 Å². The first-order chi connectivity index (χ1) is 21.6. The molecular weight excluding hydrogens is 556 g/mol. The number of benzene rings is 1. The maximum absolute atomic E-state index is 11.6. The number of ether oxygens (including phenoxy) is 2. The summed E-state index contributed by atoms with van der Waals surface area (Å²) in [5, 5.41) is 14.4. The lowest BCUT2D eigenvalue weighted by molar-refractivity contribution is -0.0592. The molecule has 2 saturated heterocycles. The van der Waals surface area contributed by atoms with E-state index in [0.29, 0.717) is 37.4 Å². The molecule has 1 aliphatic carbocycles. The molecule has 1 saturated carbocycles. The molecule has 1 aromatic carbocycles. The average Bonchev–Trinajstić information content (AvgIpc) is 3.69. The van der Waals surface area contributed by atoms with E-state index in [4.69, 9.17) is 24.5 Å². The molecule has 3 fully saturated rings. The first-order valence-electron chi connectivity index (χ1n) is 15.7. The van der Waals surface area contributed by atoms with Gasteiger partial charge in [-0.1, -0.05) is 12.1 Å². The summed E-state index contributed by atoms with van der Waals surface area (Å²) < 4.78 is 16.1. The number of carbonyl (C=O) groups is 1. The molecule has 0 spiro atoms. The van der Waals surface area contributed by atoms with E-state index >= 15 is 0 Å². The fraction of sp³-hybridized carbons (Fsp3) is 0.412. The molecule has 44 heavy (non-hydrogen) atoms. The maximum atomic E-state index is 11.6. The quantitative estimate of drug-likeness (QED) is 0.230. The SMILES string of the molecule is O=C(O)c1ccc2nc(CN3CCC(c4cccc(OCc5cccc6cc(C7CC7)nn56)n4)CC3)n(C[C@@H]3CCO3)c2c1. The molecule has 226 valence electrons. The number of carboxylic acids is 1. The van der Waals surface area contributed by atoms with E-state index in [0.717, 1.165) is 72.7 Å². The lowest BCUT2D eigenvalue weighted by Gasteiger charge is -2.32. The van der Waals surface area contributed by atoms with Crippen LogP contribution < -0.4 is 4.74 Å². The van der Waals surface area contributed by atoms with Crippen molar-refractivity contribution in [1.29, 1.82) is 0 Å². The van der Waals surface area contributed by atoms with E-state index < -0.39 is 5.97 Å². The normalized spacial score (nSPS) is 19.4. The Morgan fingerprint density at radius 1 is 0.932 bits per heavy atom. The molecule has 10 heteroatoms. The Morgan fingerprint density at radius 2 is 1.75 bits per heavy atom. The number of likely N-dealkylation sites (tertiary alicyclic amines) is 1. The van der Waals surface area contributed by atoms with Crippen LogP contribution in [0, 0.1) is 0 Å². The van der Waals surface area contributed by atoms with E-state index in [2.05, 4.69) is 39.8 Å². The molecule has 2 aliphatic heterocycles. The first-order valence-corrected chi connectivity index (χ1v) is 15.7. The number of carboxylic acid groups (broad SMARTS) is 1. The summed E-state index contributed by atoms with van der Waals surface area (Å²) in [5.41, 5.74) is 6.35. The second-order valence-electron chi connectivity index (χ2n) is 12.4. The summed E-state index contributed by atoms with van der Waals surface area (Å²) in [4.78, 5) is 23.9. The van der Waals surface area contributed by atoms with Gasteiger partial charge in [0, 0.05) is 30.2 Å². The number of hydrogen-bond donors (Lipinski definition) is 1. The summed E-state index contributed by atoms with van der Waals surface area (Å²) in [5.74, 6) is 1.66. The molecule has 0 amide bonds. The molecule has 0 radical (unpaired) electrons. The van der Waals surface area contributed by atoms with E-state index in [1.807, 2.05) is 22.7 Å². The van der Waals surface area contributed by atoms with Gasteiger partial charge in [-0.15, -0.1) is 0 Å². The standard InChI is InChI=1S/C34H36N6O4/c41-34(42)24-9-10-29-31(17-24)39(19-27-13-16-43-27)32(35-29)20-38-14-11-23(12-15-38)28-5-2-6-33(36-28)44-21-26-4-1-3-25-18-30(22-7-8-22)37-40(25)26/h1-6,9-10,17-18,22-23,27H,7-8,11-16,19-21H2,(H,41,42)/t27-/m0/s1. The highest BCUT2D eigenvalue weighted by Gasteiger charge is 2.28. The van der Waals surface area contributed by atoms with Crippen LogP contribution in [0.2, 0.25) is 0 Å². The fourth-order valence-electron chi connectivity index (χ4n) is 6.52. The molecule has 6 heterocycles. The van der Waals surface area contributed by atoms with Crippen LogP contribution in [0.15, 0.2) is 60.7 Å². The highest BCUT2D eigenvalue weighted by molar-refractivity contribution is 5.92. The van der Waals surface area contributed by atoms with Gasteiger partial charge in [0.25, 0.3) is 0 Å². The van der Waals surface area contributed by atoms with Crippen LogP contribution in [-0.4, -0.2) is 65.9 Å². The Labute approximate surface area is 255 Å². The van der Waals surface area contributed by atoms with Crippen LogP contribution >= 0.6 is 0 Å². The topological polar surface area (TPSA) is 107 Å².